The molecule has 0 atom stereocenters. The number of hydrogen-bond donors (Lipinski definition) is 3. The van der Waals surface area contributed by atoms with Gasteiger partial charge in [0.25, 0.3) is 0 Å². The number of alkyl halides is 3. The first-order valence-corrected chi connectivity index (χ1v) is 8.96. The Hall–Kier alpha value is -3.88. The number of benzene rings is 2. The number of pyridine rings is 1. The summed E-state index contributed by atoms with van der Waals surface area (Å²) in [5, 5.41) is 12.8. The lowest BCUT2D eigenvalue weighted by molar-refractivity contribution is -0.137. The smallest absolute Gasteiger partial charge is 0.308 e. The maximum Gasteiger partial charge on any atom is 0.416 e. The van der Waals surface area contributed by atoms with Crippen LogP contribution in [0, 0.1) is 6.92 Å². The van der Waals surface area contributed by atoms with E-state index < -0.39 is 17.8 Å². The van der Waals surface area contributed by atoms with E-state index >= 15 is 0 Å². The third-order valence-electron chi connectivity index (χ3n) is 4.45. The van der Waals surface area contributed by atoms with Gasteiger partial charge in [0.1, 0.15) is 0 Å². The topological polar surface area (TPSA) is 82.7 Å². The molecule has 0 radical (unpaired) electrons. The number of fused-ring (bicyclic) bond motifs is 1. The molecule has 4 aromatic rings. The van der Waals surface area contributed by atoms with Crippen molar-refractivity contribution in [1.82, 2.24) is 15.2 Å². The Morgan fingerprint density at radius 3 is 2.47 bits per heavy atom. The van der Waals surface area contributed by atoms with Gasteiger partial charge in [-0.1, -0.05) is 18.2 Å². The highest BCUT2D eigenvalue weighted by atomic mass is 19.4. The number of carbonyl (C=O) groups is 1. The van der Waals surface area contributed by atoms with Gasteiger partial charge in [0.15, 0.2) is 5.65 Å². The van der Waals surface area contributed by atoms with Gasteiger partial charge < -0.3 is 10.6 Å². The van der Waals surface area contributed by atoms with Crippen LogP contribution in [0.3, 0.4) is 0 Å². The number of nitrogens with one attached hydrogen (secondary N) is 3. The summed E-state index contributed by atoms with van der Waals surface area (Å²) in [6.07, 6.45) is -2.78. The van der Waals surface area contributed by atoms with E-state index in [4.69, 9.17) is 0 Å². The molecule has 9 heteroatoms. The predicted molar refractivity (Wildman–Crippen MR) is 108 cm³/mol. The standard InChI is InChI=1S/C21H16F3N5O/c1-12-9-17(18-11-25-29-19(18)26-12)13-5-7-15(8-6-13)27-20(30)28-16-4-2-3-14(10-16)21(22,23)24/h2-11H,1H3,(H,25,26,29)(H2,27,28,30). The third kappa shape index (κ3) is 4.09. The molecule has 0 fully saturated rings. The summed E-state index contributed by atoms with van der Waals surface area (Å²) in [5.74, 6) is 0. The van der Waals surface area contributed by atoms with E-state index in [2.05, 4.69) is 25.8 Å². The summed E-state index contributed by atoms with van der Waals surface area (Å²) < 4.78 is 38.4. The Morgan fingerprint density at radius 2 is 1.73 bits per heavy atom. The second-order valence-electron chi connectivity index (χ2n) is 6.68. The lowest BCUT2D eigenvalue weighted by Gasteiger charge is -2.11. The van der Waals surface area contributed by atoms with Crippen molar-refractivity contribution in [3.63, 3.8) is 0 Å². The van der Waals surface area contributed by atoms with Crippen LogP contribution in [0.25, 0.3) is 22.2 Å². The fraction of sp³-hybridized carbons (Fsp3) is 0.0952. The second kappa shape index (κ2) is 7.51. The molecule has 3 N–H and O–H groups in total. The molecule has 30 heavy (non-hydrogen) atoms. The van der Waals surface area contributed by atoms with E-state index in [0.29, 0.717) is 11.3 Å². The molecule has 0 saturated heterocycles. The van der Waals surface area contributed by atoms with Crippen LogP contribution < -0.4 is 10.6 Å². The molecule has 2 aromatic carbocycles. The zero-order chi connectivity index (χ0) is 21.3. The molecule has 152 valence electrons. The van der Waals surface area contributed by atoms with Crippen molar-refractivity contribution < 1.29 is 18.0 Å². The van der Waals surface area contributed by atoms with Crippen molar-refractivity contribution in [2.75, 3.05) is 10.6 Å². The van der Waals surface area contributed by atoms with Crippen LogP contribution in [-0.4, -0.2) is 21.2 Å². The van der Waals surface area contributed by atoms with Crippen molar-refractivity contribution in [2.24, 2.45) is 0 Å². The zero-order valence-corrected chi connectivity index (χ0v) is 15.7. The summed E-state index contributed by atoms with van der Waals surface area (Å²) in [7, 11) is 0. The van der Waals surface area contributed by atoms with Gasteiger partial charge in [-0.3, -0.25) is 5.10 Å². The molecule has 0 bridgehead atoms. The fourth-order valence-corrected chi connectivity index (χ4v) is 3.10. The van der Waals surface area contributed by atoms with Crippen molar-refractivity contribution in [2.45, 2.75) is 13.1 Å². The highest BCUT2D eigenvalue weighted by Crippen LogP contribution is 2.31. The Balaban J connectivity index is 1.49. The van der Waals surface area contributed by atoms with E-state index in [9.17, 15) is 18.0 Å². The number of aryl methyl sites for hydroxylation is 1. The largest absolute Gasteiger partial charge is 0.416 e. The Labute approximate surface area is 169 Å². The van der Waals surface area contributed by atoms with Gasteiger partial charge >= 0.3 is 12.2 Å². The number of aromatic amines is 1. The molecule has 2 amide bonds. The molecule has 0 aliphatic rings. The van der Waals surface area contributed by atoms with Crippen molar-refractivity contribution >= 4 is 28.4 Å². The maximum atomic E-state index is 12.8. The van der Waals surface area contributed by atoms with Gasteiger partial charge in [-0.05, 0) is 54.4 Å². The molecule has 0 spiro atoms. The quantitative estimate of drug-likeness (QED) is 0.411. The number of hydrogen-bond acceptors (Lipinski definition) is 3. The van der Waals surface area contributed by atoms with E-state index in [1.54, 1.807) is 18.3 Å². The predicted octanol–water partition coefficient (Wildman–Crippen LogP) is 5.60. The molecule has 4 rings (SSSR count). The maximum absolute atomic E-state index is 12.8. The van der Waals surface area contributed by atoms with Crippen LogP contribution >= 0.6 is 0 Å². The number of halogens is 3. The summed E-state index contributed by atoms with van der Waals surface area (Å²) in [6, 6.07) is 12.8. The van der Waals surface area contributed by atoms with E-state index in [-0.39, 0.29) is 5.69 Å². The first-order valence-electron chi connectivity index (χ1n) is 8.96. The minimum absolute atomic E-state index is 0.0496. The van der Waals surface area contributed by atoms with Gasteiger partial charge in [-0.25, -0.2) is 9.78 Å². The average Bonchev–Trinajstić information content (AvgIpc) is 3.16. The highest BCUT2D eigenvalue weighted by Gasteiger charge is 2.30. The number of carbonyl (C=O) groups excluding carboxylic acids is 1. The lowest BCUT2D eigenvalue weighted by atomic mass is 10.0. The van der Waals surface area contributed by atoms with Crippen LogP contribution in [0.1, 0.15) is 11.3 Å². The molecule has 6 nitrogen and oxygen atoms in total. The Kier molecular flexibility index (Phi) is 4.86. The molecule has 2 aromatic heterocycles. The first kappa shape index (κ1) is 19.4. The molecule has 0 saturated carbocycles. The molecule has 0 unspecified atom stereocenters. The van der Waals surface area contributed by atoms with E-state index in [1.165, 1.54) is 12.1 Å². The van der Waals surface area contributed by atoms with Gasteiger partial charge in [-0.2, -0.15) is 18.3 Å². The van der Waals surface area contributed by atoms with Crippen molar-refractivity contribution in [1.29, 1.82) is 0 Å². The number of amides is 2. The fourth-order valence-electron chi connectivity index (χ4n) is 3.10. The number of H-pyrrole nitrogens is 1. The van der Waals surface area contributed by atoms with Gasteiger partial charge in [0, 0.05) is 22.5 Å². The molecule has 0 aliphatic heterocycles. The molecule has 0 aliphatic carbocycles. The van der Waals surface area contributed by atoms with Gasteiger partial charge in [-0.15, -0.1) is 0 Å². The number of anilines is 2. The Bertz CT molecular complexity index is 1220. The normalized spacial score (nSPS) is 11.5. The minimum Gasteiger partial charge on any atom is -0.308 e. The lowest BCUT2D eigenvalue weighted by Crippen LogP contribution is -2.19. The highest BCUT2D eigenvalue weighted by molar-refractivity contribution is 6.00. The van der Waals surface area contributed by atoms with Crippen LogP contribution in [-0.2, 0) is 6.18 Å². The van der Waals surface area contributed by atoms with Crippen LogP contribution in [0.5, 0.6) is 0 Å². The Morgan fingerprint density at radius 1 is 1.00 bits per heavy atom. The number of aromatic nitrogens is 3. The van der Waals surface area contributed by atoms with Crippen LogP contribution in [0.2, 0.25) is 0 Å². The monoisotopic (exact) mass is 411 g/mol. The number of urea groups is 1. The van der Waals surface area contributed by atoms with E-state index in [1.807, 2.05) is 25.1 Å². The van der Waals surface area contributed by atoms with Gasteiger partial charge in [0.05, 0.1) is 11.8 Å². The summed E-state index contributed by atoms with van der Waals surface area (Å²) in [4.78, 5) is 16.5. The molecular formula is C21H16F3N5O. The minimum atomic E-state index is -4.48. The summed E-state index contributed by atoms with van der Waals surface area (Å²) in [5.41, 5.74) is 3.10. The first-order chi connectivity index (χ1) is 14.3. The molecule has 2 heterocycles. The average molecular weight is 411 g/mol. The summed E-state index contributed by atoms with van der Waals surface area (Å²) in [6.45, 7) is 1.89. The van der Waals surface area contributed by atoms with E-state index in [0.717, 1.165) is 34.3 Å². The number of nitrogens with zero attached hydrogens (tertiary/aromatic N) is 2. The molecular weight excluding hydrogens is 395 g/mol. The number of rotatable bonds is 3. The summed E-state index contributed by atoms with van der Waals surface area (Å²) >= 11 is 0. The van der Waals surface area contributed by atoms with Crippen molar-refractivity contribution in [3.05, 3.63) is 72.1 Å². The van der Waals surface area contributed by atoms with Gasteiger partial charge in [0.2, 0.25) is 0 Å². The van der Waals surface area contributed by atoms with Crippen LogP contribution in [0.4, 0.5) is 29.3 Å². The zero-order valence-electron chi connectivity index (χ0n) is 15.7. The van der Waals surface area contributed by atoms with Crippen molar-refractivity contribution in [3.8, 4) is 11.1 Å². The second-order valence-corrected chi connectivity index (χ2v) is 6.68. The third-order valence-corrected chi connectivity index (χ3v) is 4.45. The van der Waals surface area contributed by atoms with Crippen LogP contribution in [0.15, 0.2) is 60.8 Å². The SMILES string of the molecule is Cc1cc(-c2ccc(NC(=O)Nc3cccc(C(F)(F)F)c3)cc2)c2cn[nH]c2n1.